The lowest BCUT2D eigenvalue weighted by molar-refractivity contribution is 0.490. The fourth-order valence-corrected chi connectivity index (χ4v) is 2.34. The average molecular weight is 274 g/mol. The van der Waals surface area contributed by atoms with Crippen molar-refractivity contribution in [3.63, 3.8) is 0 Å². The van der Waals surface area contributed by atoms with E-state index in [-0.39, 0.29) is 6.04 Å². The Morgan fingerprint density at radius 3 is 2.74 bits per heavy atom. The van der Waals surface area contributed by atoms with Gasteiger partial charge in [-0.3, -0.25) is 0 Å². The first-order valence-corrected chi connectivity index (χ1v) is 6.27. The van der Waals surface area contributed by atoms with Gasteiger partial charge in [-0.05, 0) is 19.2 Å². The van der Waals surface area contributed by atoms with Crippen LogP contribution in [0, 0.1) is 0 Å². The number of para-hydroxylation sites is 1. The van der Waals surface area contributed by atoms with Crippen LogP contribution in [0.5, 0.6) is 0 Å². The first-order valence-electron chi connectivity index (χ1n) is 5.89. The molecule has 0 amide bonds. The molecule has 96 valence electrons. The number of halogens is 1. The Labute approximate surface area is 115 Å². The zero-order chi connectivity index (χ0) is 13.2. The largest absolute Gasteiger partial charge is 0.457 e. The van der Waals surface area contributed by atoms with Crippen molar-refractivity contribution in [2.24, 2.45) is 0 Å². The number of rotatable bonds is 3. The topological polar surface area (TPSA) is 51.0 Å². The van der Waals surface area contributed by atoms with Crippen molar-refractivity contribution in [3.05, 3.63) is 59.3 Å². The van der Waals surface area contributed by atoms with Gasteiger partial charge in [-0.25, -0.2) is 9.97 Å². The van der Waals surface area contributed by atoms with Crippen LogP contribution in [0.2, 0.25) is 5.02 Å². The first-order chi connectivity index (χ1) is 9.29. The molecule has 2 heterocycles. The third-order valence-corrected chi connectivity index (χ3v) is 3.30. The van der Waals surface area contributed by atoms with E-state index >= 15 is 0 Å². The van der Waals surface area contributed by atoms with Crippen LogP contribution >= 0.6 is 11.6 Å². The fraction of sp³-hybridized carbons (Fsp3) is 0.143. The molecule has 0 aliphatic rings. The van der Waals surface area contributed by atoms with Gasteiger partial charge in [0.25, 0.3) is 0 Å². The molecule has 1 aromatic carbocycles. The van der Waals surface area contributed by atoms with Gasteiger partial charge < -0.3 is 9.73 Å². The molecule has 3 rings (SSSR count). The lowest BCUT2D eigenvalue weighted by atomic mass is 10.1. The standard InChI is InChI=1S/C14H12ClN3O/c1-16-13(10-6-17-8-18-7-10)12-5-9-3-2-4-11(15)14(9)19-12/h2-8,13,16H,1H3. The van der Waals surface area contributed by atoms with Gasteiger partial charge in [0.15, 0.2) is 5.58 Å². The first kappa shape index (κ1) is 12.1. The molecular weight excluding hydrogens is 262 g/mol. The summed E-state index contributed by atoms with van der Waals surface area (Å²) in [7, 11) is 1.87. The minimum absolute atomic E-state index is 0.0929. The predicted molar refractivity (Wildman–Crippen MR) is 74.2 cm³/mol. The summed E-state index contributed by atoms with van der Waals surface area (Å²) < 4.78 is 5.86. The third-order valence-electron chi connectivity index (χ3n) is 3.00. The number of hydrogen-bond donors (Lipinski definition) is 1. The Bertz CT molecular complexity index is 696. The van der Waals surface area contributed by atoms with Crippen LogP contribution in [0.1, 0.15) is 17.4 Å². The monoisotopic (exact) mass is 273 g/mol. The van der Waals surface area contributed by atoms with E-state index in [1.165, 1.54) is 6.33 Å². The van der Waals surface area contributed by atoms with Crippen molar-refractivity contribution in [2.75, 3.05) is 7.05 Å². The summed E-state index contributed by atoms with van der Waals surface area (Å²) in [5.41, 5.74) is 1.65. The zero-order valence-electron chi connectivity index (χ0n) is 10.3. The van der Waals surface area contributed by atoms with Crippen molar-refractivity contribution in [1.82, 2.24) is 15.3 Å². The maximum atomic E-state index is 6.13. The molecule has 0 bridgehead atoms. The second kappa shape index (κ2) is 4.99. The minimum atomic E-state index is -0.0929. The molecule has 2 aromatic heterocycles. The van der Waals surface area contributed by atoms with Crippen molar-refractivity contribution >= 4 is 22.6 Å². The van der Waals surface area contributed by atoms with Crippen molar-refractivity contribution in [3.8, 4) is 0 Å². The van der Waals surface area contributed by atoms with E-state index in [1.54, 1.807) is 12.4 Å². The van der Waals surface area contributed by atoms with Crippen LogP contribution in [0.3, 0.4) is 0 Å². The van der Waals surface area contributed by atoms with Crippen LogP contribution in [0.15, 0.2) is 47.4 Å². The Morgan fingerprint density at radius 2 is 2.05 bits per heavy atom. The highest BCUT2D eigenvalue weighted by molar-refractivity contribution is 6.34. The van der Waals surface area contributed by atoms with E-state index in [4.69, 9.17) is 16.0 Å². The third kappa shape index (κ3) is 2.20. The molecular formula is C14H12ClN3O. The van der Waals surface area contributed by atoms with Gasteiger partial charge in [0.1, 0.15) is 12.1 Å². The van der Waals surface area contributed by atoms with Gasteiger partial charge in [-0.1, -0.05) is 23.7 Å². The SMILES string of the molecule is CNC(c1cncnc1)c1cc2cccc(Cl)c2o1. The second-order valence-electron chi connectivity index (χ2n) is 4.20. The molecule has 3 aromatic rings. The molecule has 4 nitrogen and oxygen atoms in total. The summed E-state index contributed by atoms with van der Waals surface area (Å²) >= 11 is 6.13. The van der Waals surface area contributed by atoms with E-state index in [0.29, 0.717) is 10.6 Å². The van der Waals surface area contributed by atoms with Crippen LogP contribution in [0.25, 0.3) is 11.0 Å². The average Bonchev–Trinajstić information content (AvgIpc) is 2.86. The molecule has 19 heavy (non-hydrogen) atoms. The van der Waals surface area contributed by atoms with E-state index in [9.17, 15) is 0 Å². The molecule has 1 unspecified atom stereocenters. The lowest BCUT2D eigenvalue weighted by Crippen LogP contribution is -2.17. The summed E-state index contributed by atoms with van der Waals surface area (Å²) in [6, 6.07) is 7.59. The normalized spacial score (nSPS) is 12.7. The summed E-state index contributed by atoms with van der Waals surface area (Å²) in [5, 5.41) is 4.80. The number of hydrogen-bond acceptors (Lipinski definition) is 4. The smallest absolute Gasteiger partial charge is 0.152 e. The number of aromatic nitrogens is 2. The molecule has 0 spiro atoms. The number of furan rings is 1. The van der Waals surface area contributed by atoms with E-state index in [0.717, 1.165) is 16.7 Å². The molecule has 1 N–H and O–H groups in total. The predicted octanol–water partition coefficient (Wildman–Crippen LogP) is 3.19. The van der Waals surface area contributed by atoms with Crippen LogP contribution < -0.4 is 5.32 Å². The van der Waals surface area contributed by atoms with Crippen molar-refractivity contribution < 1.29 is 4.42 Å². The highest BCUT2D eigenvalue weighted by atomic mass is 35.5. The second-order valence-corrected chi connectivity index (χ2v) is 4.61. The van der Waals surface area contributed by atoms with E-state index in [2.05, 4.69) is 15.3 Å². The van der Waals surface area contributed by atoms with Crippen molar-refractivity contribution in [2.45, 2.75) is 6.04 Å². The molecule has 0 saturated heterocycles. The highest BCUT2D eigenvalue weighted by Crippen LogP contribution is 2.31. The number of benzene rings is 1. The Kier molecular flexibility index (Phi) is 3.19. The van der Waals surface area contributed by atoms with Crippen LogP contribution in [0.4, 0.5) is 0 Å². The fourth-order valence-electron chi connectivity index (χ4n) is 2.12. The highest BCUT2D eigenvalue weighted by Gasteiger charge is 2.18. The molecule has 0 aliphatic carbocycles. The summed E-state index contributed by atoms with van der Waals surface area (Å²) in [4.78, 5) is 8.06. The lowest BCUT2D eigenvalue weighted by Gasteiger charge is -2.12. The van der Waals surface area contributed by atoms with Gasteiger partial charge in [-0.15, -0.1) is 0 Å². The van der Waals surface area contributed by atoms with Gasteiger partial charge in [0.2, 0.25) is 0 Å². The van der Waals surface area contributed by atoms with E-state index in [1.807, 2.05) is 31.3 Å². The molecule has 0 fully saturated rings. The van der Waals surface area contributed by atoms with Crippen LogP contribution in [-0.2, 0) is 0 Å². The zero-order valence-corrected chi connectivity index (χ0v) is 11.1. The maximum Gasteiger partial charge on any atom is 0.152 e. The number of nitrogens with one attached hydrogen (secondary N) is 1. The van der Waals surface area contributed by atoms with Gasteiger partial charge in [-0.2, -0.15) is 0 Å². The van der Waals surface area contributed by atoms with Crippen LogP contribution in [-0.4, -0.2) is 17.0 Å². The Hall–Kier alpha value is -1.91. The summed E-state index contributed by atoms with van der Waals surface area (Å²) in [6.07, 6.45) is 5.04. The minimum Gasteiger partial charge on any atom is -0.457 e. The maximum absolute atomic E-state index is 6.13. The van der Waals surface area contributed by atoms with Crippen molar-refractivity contribution in [1.29, 1.82) is 0 Å². The van der Waals surface area contributed by atoms with Gasteiger partial charge >= 0.3 is 0 Å². The molecule has 5 heteroatoms. The quantitative estimate of drug-likeness (QED) is 0.796. The number of fused-ring (bicyclic) bond motifs is 1. The molecule has 0 saturated carbocycles. The Morgan fingerprint density at radius 1 is 1.26 bits per heavy atom. The summed E-state index contributed by atoms with van der Waals surface area (Å²) in [5.74, 6) is 0.792. The van der Waals surface area contributed by atoms with Gasteiger partial charge in [0.05, 0.1) is 11.1 Å². The van der Waals surface area contributed by atoms with Gasteiger partial charge in [0, 0.05) is 23.3 Å². The molecule has 0 aliphatic heterocycles. The number of nitrogens with zero attached hydrogens (tertiary/aromatic N) is 2. The summed E-state index contributed by atoms with van der Waals surface area (Å²) in [6.45, 7) is 0. The Balaban J connectivity index is 2.09. The van der Waals surface area contributed by atoms with E-state index < -0.39 is 0 Å². The molecule has 1 atom stereocenters. The molecule has 0 radical (unpaired) electrons.